The van der Waals surface area contributed by atoms with Gasteiger partial charge in [0.25, 0.3) is 0 Å². The number of rotatable bonds is 26. The van der Waals surface area contributed by atoms with Gasteiger partial charge in [0.15, 0.2) is 0 Å². The molecule has 1 saturated heterocycles. The maximum Gasteiger partial charge on any atom is 0.446 e. The summed E-state index contributed by atoms with van der Waals surface area (Å²) in [6, 6.07) is 8.69. The maximum atomic E-state index is 14.9. The number of carbonyl (C=O) groups excluding carboxylic acids is 10. The average Bonchev–Trinajstić information content (AvgIpc) is 2.12. The third-order valence-corrected chi connectivity index (χ3v) is 14.5. The number of primary amides is 1. The molecule has 0 radical (unpaired) electrons. The smallest absolute Gasteiger partial charge is 0.446 e. The van der Waals surface area contributed by atoms with Gasteiger partial charge in [-0.1, -0.05) is 100 Å². The van der Waals surface area contributed by atoms with Gasteiger partial charge in [0, 0.05) is 42.9 Å². The Morgan fingerprint density at radius 1 is 0.708 bits per heavy atom. The summed E-state index contributed by atoms with van der Waals surface area (Å²) in [6.07, 6.45) is 0.396. The van der Waals surface area contributed by atoms with Gasteiger partial charge >= 0.3 is 22.5 Å². The number of hydrogen-bond donors (Lipinski definition) is 13. The van der Waals surface area contributed by atoms with E-state index in [2.05, 4.69) is 57.0 Å². The predicted octanol–water partition coefficient (Wildman–Crippen LogP) is 1.69. The lowest BCUT2D eigenvalue weighted by atomic mass is 10.0. The van der Waals surface area contributed by atoms with Crippen LogP contribution in [-0.2, 0) is 82.3 Å². The standard InChI is InChI=1S/C60H81N11O17S/c1-6-8-20-41-52(76)64-43(23-15-16-28-62-49(72)32-47(71-59(83)87-60(3,4)5)57(81)68-45(55(79)65-41)30-36-24-26-38(27-25-36)88-89(84,85)86)54(78)69-46(31-37-34-63-40-22-14-13-19-39(37)40)56(80)66-42(21-9-7-2)53(77)70-48(33-50(73)74)58(82)67-44(51(61)75)29-35-17-11-10-12-18-35/h10-14,17-19,22,24-27,34,41-48,63H,6-9,15-16,20-21,23,28-33H2,1-5H3,(H2,61,75)(H,62,72)(H,64,76)(H,65,79)(H,66,80)(H,67,82)(H,68,81)(H,69,78)(H,70,77)(H,71,83)(H,73,74)(H,84,85,86)/t41-,42-,43+,44-,45+,46-,47-,48-/m0/s1. The Morgan fingerprint density at radius 3 is 1.98 bits per heavy atom. The summed E-state index contributed by atoms with van der Waals surface area (Å²) in [7, 11) is -4.92. The Balaban J connectivity index is 1.48. The molecule has 0 unspecified atom stereocenters. The van der Waals surface area contributed by atoms with Crippen LogP contribution in [0.15, 0.2) is 85.1 Å². The second kappa shape index (κ2) is 33.9. The van der Waals surface area contributed by atoms with Crippen molar-refractivity contribution in [2.75, 3.05) is 6.54 Å². The molecule has 3 aromatic carbocycles. The van der Waals surface area contributed by atoms with Crippen molar-refractivity contribution in [3.8, 4) is 5.75 Å². The first-order chi connectivity index (χ1) is 42.1. The highest BCUT2D eigenvalue weighted by Crippen LogP contribution is 2.21. The molecule has 484 valence electrons. The largest absolute Gasteiger partial charge is 0.481 e. The van der Waals surface area contributed by atoms with E-state index in [-0.39, 0.29) is 63.7 Å². The number of fused-ring (bicyclic) bond motifs is 1. The molecule has 14 N–H and O–H groups in total. The highest BCUT2D eigenvalue weighted by atomic mass is 32.3. The fourth-order valence-electron chi connectivity index (χ4n) is 9.58. The molecule has 4 aromatic rings. The van der Waals surface area contributed by atoms with Crippen LogP contribution in [0.25, 0.3) is 10.9 Å². The molecule has 1 aliphatic heterocycles. The van der Waals surface area contributed by atoms with Crippen molar-refractivity contribution >= 4 is 86.5 Å². The molecule has 10 amide bonds. The Hall–Kier alpha value is -9.12. The van der Waals surface area contributed by atoms with Crippen LogP contribution in [0.5, 0.6) is 5.75 Å². The molecule has 0 saturated carbocycles. The SMILES string of the molecule is CCCC[C@H](NC(=O)[C@H](Cc1c[nH]c2ccccc12)NC(=O)[C@H]1CCCCNC(=O)C[C@H](NC(=O)OC(C)(C)C)C(=O)N[C@H](Cc2ccc(OS(=O)(=O)O)cc2)C(=O)N[C@@H](CCCC)C(=O)N1)C(=O)N[C@@H](CC(=O)O)C(=O)N[C@@H](Cc1ccccc1)C(N)=O. The molecule has 0 bridgehead atoms. The molecule has 0 spiro atoms. The van der Waals surface area contributed by atoms with Crippen LogP contribution in [0, 0.1) is 0 Å². The summed E-state index contributed by atoms with van der Waals surface area (Å²) < 4.78 is 41.9. The summed E-state index contributed by atoms with van der Waals surface area (Å²) in [5.74, 6) is -9.97. The minimum Gasteiger partial charge on any atom is -0.481 e. The second-order valence-corrected chi connectivity index (χ2v) is 23.6. The second-order valence-electron chi connectivity index (χ2n) is 22.6. The molecule has 1 fully saturated rings. The number of carboxylic acids is 1. The molecule has 8 atom stereocenters. The Labute approximate surface area is 515 Å². The van der Waals surface area contributed by atoms with Crippen LogP contribution < -0.4 is 57.8 Å². The maximum absolute atomic E-state index is 14.9. The molecule has 0 aliphatic carbocycles. The number of hydrogen-bond acceptors (Lipinski definition) is 15. The highest BCUT2D eigenvalue weighted by molar-refractivity contribution is 7.81. The summed E-state index contributed by atoms with van der Waals surface area (Å²) in [4.78, 5) is 156. The molecular formula is C60H81N11O17S. The van der Waals surface area contributed by atoms with E-state index in [0.717, 1.165) is 12.1 Å². The number of benzene rings is 3. The number of nitrogens with two attached hydrogens (primary N) is 1. The van der Waals surface area contributed by atoms with Crippen LogP contribution >= 0.6 is 0 Å². The average molecular weight is 1260 g/mol. The lowest BCUT2D eigenvalue weighted by molar-refractivity contribution is -0.141. The number of aromatic amines is 1. The minimum absolute atomic E-state index is 0.00714. The summed E-state index contributed by atoms with van der Waals surface area (Å²) in [5, 5.41) is 33.9. The van der Waals surface area contributed by atoms with Gasteiger partial charge in [-0.2, -0.15) is 8.42 Å². The zero-order valence-corrected chi connectivity index (χ0v) is 51.1. The number of unbranched alkanes of at least 4 members (excludes halogenated alkanes) is 2. The number of alkyl carbamates (subject to hydrolysis) is 1. The zero-order chi connectivity index (χ0) is 65.4. The van der Waals surface area contributed by atoms with Gasteiger partial charge in [0.05, 0.1) is 12.8 Å². The molecule has 2 heterocycles. The Bertz CT molecular complexity index is 3250. The van der Waals surface area contributed by atoms with Crippen molar-refractivity contribution in [3.63, 3.8) is 0 Å². The zero-order valence-electron chi connectivity index (χ0n) is 50.3. The lowest BCUT2D eigenvalue weighted by Gasteiger charge is -2.28. The van der Waals surface area contributed by atoms with Gasteiger partial charge in [0.1, 0.15) is 59.7 Å². The normalized spacial score (nSPS) is 18.5. The van der Waals surface area contributed by atoms with Crippen molar-refractivity contribution < 1.29 is 79.7 Å². The van der Waals surface area contributed by atoms with E-state index < -0.39 is 142 Å². The fourth-order valence-corrected chi connectivity index (χ4v) is 9.94. The van der Waals surface area contributed by atoms with Gasteiger partial charge < -0.3 is 72.6 Å². The van der Waals surface area contributed by atoms with Crippen molar-refractivity contribution in [2.24, 2.45) is 5.73 Å². The number of H-pyrrole nitrogens is 1. The van der Waals surface area contributed by atoms with Crippen LogP contribution in [-0.4, -0.2) is 149 Å². The van der Waals surface area contributed by atoms with Crippen LogP contribution in [0.4, 0.5) is 4.79 Å². The van der Waals surface area contributed by atoms with Crippen molar-refractivity contribution in [1.82, 2.24) is 52.8 Å². The van der Waals surface area contributed by atoms with E-state index in [9.17, 15) is 70.8 Å². The van der Waals surface area contributed by atoms with Crippen molar-refractivity contribution in [1.29, 1.82) is 0 Å². The third-order valence-electron chi connectivity index (χ3n) is 14.1. The van der Waals surface area contributed by atoms with E-state index in [1.165, 1.54) is 12.1 Å². The monoisotopic (exact) mass is 1260 g/mol. The van der Waals surface area contributed by atoms with Crippen molar-refractivity contribution in [3.05, 3.63) is 102 Å². The quantitative estimate of drug-likeness (QED) is 0.0398. The molecule has 29 heteroatoms. The number of para-hydroxylation sites is 1. The number of nitrogens with one attached hydrogen (secondary N) is 10. The molecule has 28 nitrogen and oxygen atoms in total. The van der Waals surface area contributed by atoms with E-state index in [4.69, 9.17) is 10.5 Å². The van der Waals surface area contributed by atoms with E-state index >= 15 is 0 Å². The van der Waals surface area contributed by atoms with Gasteiger partial charge in [-0.05, 0) is 87.8 Å². The third kappa shape index (κ3) is 24.2. The summed E-state index contributed by atoms with van der Waals surface area (Å²) in [6.45, 7) is 8.36. The Kier molecular flexibility index (Phi) is 26.9. The first-order valence-electron chi connectivity index (χ1n) is 29.4. The van der Waals surface area contributed by atoms with Gasteiger partial charge in [-0.25, -0.2) is 4.79 Å². The van der Waals surface area contributed by atoms with E-state index in [1.54, 1.807) is 81.6 Å². The minimum atomic E-state index is -4.92. The van der Waals surface area contributed by atoms with Gasteiger partial charge in [-0.15, -0.1) is 0 Å². The number of aromatic nitrogens is 1. The molecule has 1 aromatic heterocycles. The summed E-state index contributed by atoms with van der Waals surface area (Å²) >= 11 is 0. The van der Waals surface area contributed by atoms with Crippen molar-refractivity contribution in [2.45, 2.75) is 178 Å². The van der Waals surface area contributed by atoms with Gasteiger partial charge in [-0.3, -0.25) is 52.5 Å². The number of ether oxygens (including phenoxy) is 1. The van der Waals surface area contributed by atoms with E-state index in [0.29, 0.717) is 53.3 Å². The Morgan fingerprint density at radius 2 is 1.33 bits per heavy atom. The van der Waals surface area contributed by atoms with Crippen LogP contribution in [0.2, 0.25) is 0 Å². The number of carboxylic acid groups (broad SMARTS) is 1. The first kappa shape index (κ1) is 70.6. The van der Waals surface area contributed by atoms with Crippen LogP contribution in [0.3, 0.4) is 0 Å². The van der Waals surface area contributed by atoms with Gasteiger partial charge in [0.2, 0.25) is 53.2 Å². The molecule has 1 aliphatic rings. The van der Waals surface area contributed by atoms with Crippen LogP contribution in [0.1, 0.15) is 122 Å². The number of amides is 10. The lowest BCUT2D eigenvalue weighted by Crippen LogP contribution is -2.61. The first-order valence-corrected chi connectivity index (χ1v) is 30.7. The topological polar surface area (TPSA) is 431 Å². The molecular weight excluding hydrogens is 1180 g/mol. The number of aliphatic carboxylic acids is 1. The molecule has 5 rings (SSSR count). The molecule has 89 heavy (non-hydrogen) atoms. The number of carbonyl (C=O) groups is 11. The highest BCUT2D eigenvalue weighted by Gasteiger charge is 2.37. The fraction of sp³-hybridized carbons (Fsp3) is 0.483. The predicted molar refractivity (Wildman–Crippen MR) is 323 cm³/mol. The summed E-state index contributed by atoms with van der Waals surface area (Å²) in [5.41, 5.74) is 6.76. The van der Waals surface area contributed by atoms with E-state index in [1.807, 2.05) is 13.8 Å².